The molecule has 5 nitrogen and oxygen atoms in total. The Hall–Kier alpha value is -2.86. The first-order valence-electron chi connectivity index (χ1n) is 8.14. The van der Waals surface area contributed by atoms with E-state index in [1.165, 1.54) is 4.57 Å². The van der Waals surface area contributed by atoms with E-state index in [4.69, 9.17) is 0 Å². The summed E-state index contributed by atoms with van der Waals surface area (Å²) in [5, 5.41) is 10.5. The average molecular weight is 410 g/mol. The minimum Gasteiger partial charge on any atom is -0.493 e. The molecule has 0 saturated carbocycles. The second kappa shape index (κ2) is 6.46. The first-order chi connectivity index (χ1) is 12.5. The highest BCUT2D eigenvalue weighted by atomic mass is 79.9. The van der Waals surface area contributed by atoms with Crippen LogP contribution in [0.2, 0.25) is 0 Å². The van der Waals surface area contributed by atoms with Crippen LogP contribution in [0, 0.1) is 6.92 Å². The van der Waals surface area contributed by atoms with E-state index in [-0.39, 0.29) is 11.6 Å². The van der Waals surface area contributed by atoms with Gasteiger partial charge in [0.15, 0.2) is 0 Å². The number of aromatic amines is 1. The molecule has 1 aliphatic rings. The zero-order valence-electron chi connectivity index (χ0n) is 14.0. The SMILES string of the molecule is Cc1ccc(Cn2c(O)c(C=C3C=Nc4ccc(Br)cc43)[nH]c2=O)cc1. The van der Waals surface area contributed by atoms with E-state index < -0.39 is 0 Å². The lowest BCUT2D eigenvalue weighted by molar-refractivity contribution is 0.420. The number of nitrogens with one attached hydrogen (secondary N) is 1. The first kappa shape index (κ1) is 16.6. The molecule has 0 bridgehead atoms. The van der Waals surface area contributed by atoms with Gasteiger partial charge >= 0.3 is 5.69 Å². The number of halogens is 1. The molecule has 3 aromatic rings. The minimum absolute atomic E-state index is 0.0834. The van der Waals surface area contributed by atoms with Crippen LogP contribution in [0.3, 0.4) is 0 Å². The van der Waals surface area contributed by atoms with Crippen LogP contribution in [-0.2, 0) is 6.54 Å². The minimum atomic E-state index is -0.348. The predicted octanol–water partition coefficient (Wildman–Crippen LogP) is 4.26. The fourth-order valence-corrected chi connectivity index (χ4v) is 3.30. The van der Waals surface area contributed by atoms with Crippen LogP contribution in [0.25, 0.3) is 11.6 Å². The number of fused-ring (bicyclic) bond motifs is 1. The van der Waals surface area contributed by atoms with Crippen molar-refractivity contribution >= 4 is 39.5 Å². The number of nitrogens with zero attached hydrogens (tertiary/aromatic N) is 2. The van der Waals surface area contributed by atoms with Gasteiger partial charge in [-0.15, -0.1) is 0 Å². The van der Waals surface area contributed by atoms with Crippen molar-refractivity contribution in [1.82, 2.24) is 9.55 Å². The molecule has 26 heavy (non-hydrogen) atoms. The molecule has 2 aromatic carbocycles. The Labute approximate surface area is 158 Å². The summed E-state index contributed by atoms with van der Waals surface area (Å²) in [5.41, 5.74) is 4.76. The molecule has 4 rings (SSSR count). The Balaban J connectivity index is 1.70. The quantitative estimate of drug-likeness (QED) is 0.678. The van der Waals surface area contributed by atoms with Crippen molar-refractivity contribution in [3.8, 4) is 5.88 Å². The zero-order valence-corrected chi connectivity index (χ0v) is 15.6. The van der Waals surface area contributed by atoms with Crippen molar-refractivity contribution in [1.29, 1.82) is 0 Å². The molecule has 2 heterocycles. The van der Waals surface area contributed by atoms with E-state index in [0.29, 0.717) is 12.2 Å². The van der Waals surface area contributed by atoms with E-state index in [9.17, 15) is 9.90 Å². The molecule has 0 fully saturated rings. The first-order valence-corrected chi connectivity index (χ1v) is 8.93. The van der Waals surface area contributed by atoms with E-state index in [1.54, 1.807) is 12.3 Å². The topological polar surface area (TPSA) is 70.4 Å². The van der Waals surface area contributed by atoms with Gasteiger partial charge in [-0.2, -0.15) is 0 Å². The van der Waals surface area contributed by atoms with Gasteiger partial charge in [0.05, 0.1) is 12.2 Å². The van der Waals surface area contributed by atoms with Crippen molar-refractivity contribution in [2.45, 2.75) is 13.5 Å². The van der Waals surface area contributed by atoms with Crippen LogP contribution in [0.5, 0.6) is 5.88 Å². The number of hydrogen-bond acceptors (Lipinski definition) is 3. The van der Waals surface area contributed by atoms with Gasteiger partial charge in [0, 0.05) is 21.8 Å². The number of aryl methyl sites for hydroxylation is 1. The van der Waals surface area contributed by atoms with Gasteiger partial charge < -0.3 is 10.1 Å². The van der Waals surface area contributed by atoms with Gasteiger partial charge in [-0.3, -0.25) is 9.56 Å². The third-order valence-corrected chi connectivity index (χ3v) is 4.85. The third-order valence-electron chi connectivity index (χ3n) is 4.36. The summed E-state index contributed by atoms with van der Waals surface area (Å²) in [7, 11) is 0. The molecule has 1 aliphatic heterocycles. The largest absolute Gasteiger partial charge is 0.493 e. The Kier molecular flexibility index (Phi) is 4.12. The van der Waals surface area contributed by atoms with Crippen molar-refractivity contribution in [2.24, 2.45) is 4.99 Å². The summed E-state index contributed by atoms with van der Waals surface area (Å²) in [6.07, 6.45) is 3.47. The molecule has 6 heteroatoms. The number of allylic oxidation sites excluding steroid dienone is 1. The number of benzene rings is 2. The summed E-state index contributed by atoms with van der Waals surface area (Å²) in [6.45, 7) is 2.31. The molecule has 0 amide bonds. The average Bonchev–Trinajstić information content (AvgIpc) is 3.13. The molecule has 0 atom stereocenters. The second-order valence-electron chi connectivity index (χ2n) is 6.26. The molecule has 1 aromatic heterocycles. The Morgan fingerprint density at radius 2 is 2.00 bits per heavy atom. The van der Waals surface area contributed by atoms with Crippen LogP contribution < -0.4 is 5.69 Å². The molecular weight excluding hydrogens is 394 g/mol. The van der Waals surface area contributed by atoms with Gasteiger partial charge in [-0.1, -0.05) is 45.8 Å². The molecule has 0 unspecified atom stereocenters. The number of aromatic nitrogens is 2. The van der Waals surface area contributed by atoms with Gasteiger partial charge in [0.2, 0.25) is 5.88 Å². The zero-order chi connectivity index (χ0) is 18.3. The number of H-pyrrole nitrogens is 1. The molecule has 2 N–H and O–H groups in total. The lowest BCUT2D eigenvalue weighted by Crippen LogP contribution is -2.17. The van der Waals surface area contributed by atoms with Crippen molar-refractivity contribution in [2.75, 3.05) is 0 Å². The Morgan fingerprint density at radius 3 is 2.77 bits per heavy atom. The number of hydrogen-bond donors (Lipinski definition) is 2. The fourth-order valence-electron chi connectivity index (χ4n) is 2.93. The highest BCUT2D eigenvalue weighted by Gasteiger charge is 2.16. The maximum atomic E-state index is 12.3. The lowest BCUT2D eigenvalue weighted by atomic mass is 10.1. The summed E-state index contributed by atoms with van der Waals surface area (Å²) in [6, 6.07) is 13.7. The summed E-state index contributed by atoms with van der Waals surface area (Å²) < 4.78 is 2.27. The smallest absolute Gasteiger partial charge is 0.329 e. The van der Waals surface area contributed by atoms with Crippen molar-refractivity contribution < 1.29 is 5.11 Å². The maximum absolute atomic E-state index is 12.3. The van der Waals surface area contributed by atoms with Gasteiger partial charge in [-0.05, 0) is 36.8 Å². The van der Waals surface area contributed by atoms with E-state index in [0.717, 1.165) is 32.4 Å². The molecule has 0 spiro atoms. The van der Waals surface area contributed by atoms with E-state index >= 15 is 0 Å². The normalized spacial score (nSPS) is 14.2. The molecule has 0 saturated heterocycles. The molecule has 0 aliphatic carbocycles. The van der Waals surface area contributed by atoms with Crippen LogP contribution in [-0.4, -0.2) is 20.9 Å². The number of imidazole rings is 1. The Bertz CT molecular complexity index is 1110. The molecule has 0 radical (unpaired) electrons. The number of aromatic hydroxyl groups is 1. The second-order valence-corrected chi connectivity index (χ2v) is 7.17. The highest BCUT2D eigenvalue weighted by molar-refractivity contribution is 9.10. The van der Waals surface area contributed by atoms with E-state index in [2.05, 4.69) is 25.9 Å². The van der Waals surface area contributed by atoms with Crippen LogP contribution in [0.1, 0.15) is 22.4 Å². The maximum Gasteiger partial charge on any atom is 0.329 e. The fraction of sp³-hybridized carbons (Fsp3) is 0.100. The molecule has 130 valence electrons. The van der Waals surface area contributed by atoms with Gasteiger partial charge in [-0.25, -0.2) is 4.79 Å². The Morgan fingerprint density at radius 1 is 1.23 bits per heavy atom. The summed E-state index contributed by atoms with van der Waals surface area (Å²) in [5.74, 6) is -0.0834. The van der Waals surface area contributed by atoms with Crippen LogP contribution >= 0.6 is 15.9 Å². The predicted molar refractivity (Wildman–Crippen MR) is 107 cm³/mol. The van der Waals surface area contributed by atoms with Crippen LogP contribution in [0.15, 0.2) is 56.7 Å². The number of rotatable bonds is 3. The standard InChI is InChI=1S/C20H16BrN3O2/c1-12-2-4-13(5-3-12)11-24-19(25)18(23-20(24)26)8-14-10-22-17-7-6-15(21)9-16(14)17/h2-10,25H,11H2,1H3,(H,23,26). The summed E-state index contributed by atoms with van der Waals surface area (Å²) >= 11 is 3.46. The van der Waals surface area contributed by atoms with E-state index in [1.807, 2.05) is 49.4 Å². The van der Waals surface area contributed by atoms with Gasteiger partial charge in [0.25, 0.3) is 0 Å². The lowest BCUT2D eigenvalue weighted by Gasteiger charge is -2.04. The highest BCUT2D eigenvalue weighted by Crippen LogP contribution is 2.35. The van der Waals surface area contributed by atoms with Crippen molar-refractivity contribution in [3.05, 3.63) is 79.8 Å². The van der Waals surface area contributed by atoms with Gasteiger partial charge in [0.1, 0.15) is 5.69 Å². The number of aliphatic imine (C=N–C) groups is 1. The van der Waals surface area contributed by atoms with Crippen molar-refractivity contribution in [3.63, 3.8) is 0 Å². The summed E-state index contributed by atoms with van der Waals surface area (Å²) in [4.78, 5) is 19.4. The third kappa shape index (κ3) is 3.04. The van der Waals surface area contributed by atoms with Crippen LogP contribution in [0.4, 0.5) is 5.69 Å². The monoisotopic (exact) mass is 409 g/mol. The molecular formula is C20H16BrN3O2.